The van der Waals surface area contributed by atoms with Gasteiger partial charge in [0.2, 0.25) is 0 Å². The topological polar surface area (TPSA) is 77.8 Å². The molecule has 0 aromatic rings. The lowest BCUT2D eigenvalue weighted by molar-refractivity contribution is 0.0542. The summed E-state index contributed by atoms with van der Waals surface area (Å²) in [4.78, 5) is 0. The fourth-order valence-electron chi connectivity index (χ4n) is 2.81. The van der Waals surface area contributed by atoms with Crippen LogP contribution in [0.3, 0.4) is 0 Å². The SMILES string of the molecule is CCO[Si](OCC)(OCC)C(CCN)C1CNCCN1. The van der Waals surface area contributed by atoms with Crippen LogP contribution in [0, 0.1) is 0 Å². The molecule has 1 heterocycles. The Labute approximate surface area is 124 Å². The highest BCUT2D eigenvalue weighted by molar-refractivity contribution is 6.62. The predicted octanol–water partition coefficient (Wildman–Crippen LogP) is 0.315. The van der Waals surface area contributed by atoms with E-state index in [9.17, 15) is 0 Å². The zero-order valence-electron chi connectivity index (χ0n) is 13.1. The molecule has 2 atom stereocenters. The smallest absolute Gasteiger partial charge is 0.374 e. The van der Waals surface area contributed by atoms with E-state index in [-0.39, 0.29) is 5.54 Å². The molecule has 1 aliphatic heterocycles. The van der Waals surface area contributed by atoms with Gasteiger partial charge in [0, 0.05) is 51.0 Å². The first kappa shape index (κ1) is 18.0. The molecule has 0 spiro atoms. The largest absolute Gasteiger partial charge is 0.505 e. The van der Waals surface area contributed by atoms with Crippen molar-refractivity contribution < 1.29 is 13.3 Å². The Morgan fingerprint density at radius 2 is 1.70 bits per heavy atom. The Morgan fingerprint density at radius 1 is 1.10 bits per heavy atom. The third-order valence-corrected chi connectivity index (χ3v) is 7.20. The molecule has 20 heavy (non-hydrogen) atoms. The van der Waals surface area contributed by atoms with Crippen LogP contribution < -0.4 is 16.4 Å². The Hall–Kier alpha value is -0.0231. The molecule has 1 aliphatic rings. The molecule has 0 aromatic heterocycles. The van der Waals surface area contributed by atoms with E-state index in [0.29, 0.717) is 32.4 Å². The van der Waals surface area contributed by atoms with Crippen molar-refractivity contribution in [3.8, 4) is 0 Å². The van der Waals surface area contributed by atoms with Gasteiger partial charge in [0.1, 0.15) is 0 Å². The first-order chi connectivity index (χ1) is 9.74. The molecule has 4 N–H and O–H groups in total. The fourth-order valence-corrected chi connectivity index (χ4v) is 6.16. The van der Waals surface area contributed by atoms with Gasteiger partial charge in [0.25, 0.3) is 0 Å². The molecule has 0 aliphatic carbocycles. The molecular weight excluding hydrogens is 274 g/mol. The Bertz CT molecular complexity index is 236. The molecule has 0 radical (unpaired) electrons. The maximum atomic E-state index is 6.05. The van der Waals surface area contributed by atoms with E-state index in [2.05, 4.69) is 10.6 Å². The number of hydrogen-bond acceptors (Lipinski definition) is 6. The molecule has 2 unspecified atom stereocenters. The quantitative estimate of drug-likeness (QED) is 0.505. The van der Waals surface area contributed by atoms with Gasteiger partial charge in [-0.15, -0.1) is 0 Å². The minimum absolute atomic E-state index is 0.195. The Balaban J connectivity index is 2.93. The molecule has 6 nitrogen and oxygen atoms in total. The van der Waals surface area contributed by atoms with Crippen LogP contribution in [0.15, 0.2) is 0 Å². The van der Waals surface area contributed by atoms with E-state index in [0.717, 1.165) is 26.1 Å². The van der Waals surface area contributed by atoms with Crippen molar-refractivity contribution >= 4 is 8.80 Å². The molecule has 0 amide bonds. The summed E-state index contributed by atoms with van der Waals surface area (Å²) < 4.78 is 18.1. The number of rotatable bonds is 10. The van der Waals surface area contributed by atoms with E-state index in [4.69, 9.17) is 19.0 Å². The highest BCUT2D eigenvalue weighted by Crippen LogP contribution is 2.32. The number of nitrogens with one attached hydrogen (secondary N) is 2. The molecular formula is C13H31N3O3Si. The molecule has 1 saturated heterocycles. The lowest BCUT2D eigenvalue weighted by Gasteiger charge is -2.41. The van der Waals surface area contributed by atoms with Crippen LogP contribution in [-0.4, -0.2) is 60.8 Å². The van der Waals surface area contributed by atoms with Gasteiger partial charge in [-0.05, 0) is 33.7 Å². The van der Waals surface area contributed by atoms with Crippen molar-refractivity contribution in [2.24, 2.45) is 5.73 Å². The van der Waals surface area contributed by atoms with Crippen LogP contribution in [-0.2, 0) is 13.3 Å². The van der Waals surface area contributed by atoms with Gasteiger partial charge in [-0.1, -0.05) is 0 Å². The minimum atomic E-state index is -2.72. The second kappa shape index (κ2) is 9.83. The zero-order valence-corrected chi connectivity index (χ0v) is 14.1. The van der Waals surface area contributed by atoms with Gasteiger partial charge in [-0.3, -0.25) is 0 Å². The van der Waals surface area contributed by atoms with Crippen LogP contribution in [0.1, 0.15) is 27.2 Å². The number of hydrogen-bond donors (Lipinski definition) is 3. The standard InChI is InChI=1S/C13H31N3O3Si/c1-4-17-20(18-5-2,19-6-3)13(7-8-14)12-11-15-9-10-16-12/h12-13,15-16H,4-11,14H2,1-3H3. The molecule has 0 aromatic carbocycles. The van der Waals surface area contributed by atoms with Crippen LogP contribution >= 0.6 is 0 Å². The summed E-state index contributed by atoms with van der Waals surface area (Å²) in [7, 11) is -2.72. The molecule has 1 rings (SSSR count). The summed E-state index contributed by atoms with van der Waals surface area (Å²) >= 11 is 0. The van der Waals surface area contributed by atoms with E-state index in [1.54, 1.807) is 0 Å². The maximum Gasteiger partial charge on any atom is 0.505 e. The average molecular weight is 305 g/mol. The lowest BCUT2D eigenvalue weighted by atomic mass is 10.1. The monoisotopic (exact) mass is 305 g/mol. The van der Waals surface area contributed by atoms with Gasteiger partial charge in [0.15, 0.2) is 0 Å². The third kappa shape index (κ3) is 4.76. The summed E-state index contributed by atoms with van der Waals surface area (Å²) in [5.74, 6) is 0. The van der Waals surface area contributed by atoms with Crippen molar-refractivity contribution in [1.29, 1.82) is 0 Å². The van der Waals surface area contributed by atoms with E-state index in [1.807, 2.05) is 20.8 Å². The summed E-state index contributed by atoms with van der Waals surface area (Å²) in [6.07, 6.45) is 0.853. The second-order valence-electron chi connectivity index (χ2n) is 4.85. The normalized spacial score (nSPS) is 21.9. The summed E-state index contributed by atoms with van der Waals surface area (Å²) in [6.45, 7) is 11.3. The fraction of sp³-hybridized carbons (Fsp3) is 1.00. The lowest BCUT2D eigenvalue weighted by Crippen LogP contribution is -2.61. The molecule has 1 fully saturated rings. The second-order valence-corrected chi connectivity index (χ2v) is 7.67. The zero-order chi connectivity index (χ0) is 14.8. The molecule has 0 bridgehead atoms. The van der Waals surface area contributed by atoms with Gasteiger partial charge >= 0.3 is 8.80 Å². The van der Waals surface area contributed by atoms with Gasteiger partial charge in [-0.2, -0.15) is 0 Å². The van der Waals surface area contributed by atoms with Crippen molar-refractivity contribution in [3.05, 3.63) is 0 Å². The highest BCUT2D eigenvalue weighted by Gasteiger charge is 2.52. The minimum Gasteiger partial charge on any atom is -0.374 e. The van der Waals surface area contributed by atoms with Crippen LogP contribution in [0.2, 0.25) is 5.54 Å². The molecule has 120 valence electrons. The summed E-state index contributed by atoms with van der Waals surface area (Å²) in [5, 5.41) is 6.99. The number of piperazine rings is 1. The van der Waals surface area contributed by atoms with Crippen LogP contribution in [0.5, 0.6) is 0 Å². The Morgan fingerprint density at radius 3 is 2.10 bits per heavy atom. The van der Waals surface area contributed by atoms with Crippen LogP contribution in [0.25, 0.3) is 0 Å². The van der Waals surface area contributed by atoms with Gasteiger partial charge < -0.3 is 29.6 Å². The predicted molar refractivity (Wildman–Crippen MR) is 82.7 cm³/mol. The third-order valence-electron chi connectivity index (χ3n) is 3.53. The number of nitrogens with two attached hydrogens (primary N) is 1. The van der Waals surface area contributed by atoms with Crippen LogP contribution in [0.4, 0.5) is 0 Å². The Kier molecular flexibility index (Phi) is 8.86. The summed E-state index contributed by atoms with van der Waals surface area (Å²) in [6, 6.07) is 0.295. The summed E-state index contributed by atoms with van der Waals surface area (Å²) in [5.41, 5.74) is 6.02. The molecule has 0 saturated carbocycles. The van der Waals surface area contributed by atoms with E-state index < -0.39 is 8.80 Å². The van der Waals surface area contributed by atoms with E-state index >= 15 is 0 Å². The van der Waals surface area contributed by atoms with Crippen molar-refractivity contribution in [2.45, 2.75) is 38.8 Å². The van der Waals surface area contributed by atoms with E-state index in [1.165, 1.54) is 0 Å². The first-order valence-corrected chi connectivity index (χ1v) is 9.60. The van der Waals surface area contributed by atoms with Crippen molar-refractivity contribution in [1.82, 2.24) is 10.6 Å². The average Bonchev–Trinajstić information content (AvgIpc) is 2.46. The van der Waals surface area contributed by atoms with Gasteiger partial charge in [-0.25, -0.2) is 0 Å². The van der Waals surface area contributed by atoms with Crippen molar-refractivity contribution in [2.75, 3.05) is 46.0 Å². The first-order valence-electron chi connectivity index (χ1n) is 7.80. The molecule has 7 heteroatoms. The van der Waals surface area contributed by atoms with Gasteiger partial charge in [0.05, 0.1) is 0 Å². The van der Waals surface area contributed by atoms with Crippen molar-refractivity contribution in [3.63, 3.8) is 0 Å². The maximum absolute atomic E-state index is 6.05. The highest BCUT2D eigenvalue weighted by atomic mass is 28.4.